The Morgan fingerprint density at radius 1 is 0.936 bits per heavy atom. The second-order valence-corrected chi connectivity index (χ2v) is 12.3. The smallest absolute Gasteiger partial charge is 0.287 e. The van der Waals surface area contributed by atoms with Crippen LogP contribution in [-0.4, -0.2) is 73.4 Å². The molecule has 0 radical (unpaired) electrons. The number of nitrogens with one attached hydrogen (secondary N) is 1. The van der Waals surface area contributed by atoms with Crippen LogP contribution in [0.4, 0.5) is 5.69 Å². The van der Waals surface area contributed by atoms with Gasteiger partial charge in [0.2, 0.25) is 11.8 Å². The molecule has 1 atom stereocenters. The quantitative estimate of drug-likeness (QED) is 0.279. The number of rotatable bonds is 9. The molecule has 11 heteroatoms. The van der Waals surface area contributed by atoms with E-state index in [1.165, 1.54) is 7.11 Å². The predicted octanol–water partition coefficient (Wildman–Crippen LogP) is 4.66. The van der Waals surface area contributed by atoms with Crippen LogP contribution in [0.1, 0.15) is 40.9 Å². The lowest BCUT2D eigenvalue weighted by Gasteiger charge is -2.39. The first-order valence-corrected chi connectivity index (χ1v) is 16.2. The second-order valence-electron chi connectivity index (χ2n) is 11.9. The molecule has 2 saturated heterocycles. The Kier molecular flexibility index (Phi) is 9.77. The van der Waals surface area contributed by atoms with Gasteiger partial charge in [-0.1, -0.05) is 48.0 Å². The lowest BCUT2D eigenvalue weighted by molar-refractivity contribution is -0.134. The molecule has 47 heavy (non-hydrogen) atoms. The molecule has 0 spiro atoms. The lowest BCUT2D eigenvalue weighted by Crippen LogP contribution is -2.55. The number of para-hydroxylation sites is 2. The summed E-state index contributed by atoms with van der Waals surface area (Å²) in [5.41, 5.74) is 2.73. The molecule has 3 heterocycles. The van der Waals surface area contributed by atoms with Crippen molar-refractivity contribution in [2.24, 2.45) is 0 Å². The summed E-state index contributed by atoms with van der Waals surface area (Å²) in [5.74, 6) is -0.611. The van der Waals surface area contributed by atoms with Crippen LogP contribution in [0.3, 0.4) is 0 Å². The molecule has 2 aliphatic heterocycles. The number of carbonyl (C=O) groups excluding carboxylic acids is 3. The standard InChI is InChI=1S/C36H37ClN4O6/c1-46-31-10-6-8-27-30(42)22-32(47-34(27)31)35(44)38-28(21-24-12-14-26(37)15-13-24)36(45)40-19-17-39(18-20-40)29-9-3-2-7-25(29)23-41-16-5-4-11-33(41)43/h2-3,6-10,12-15,22,28H,4-5,11,16-21,23H2,1H3,(H,38,44)/t28-/m1/s1. The third kappa shape index (κ3) is 7.28. The first-order valence-electron chi connectivity index (χ1n) is 15.9. The number of anilines is 1. The summed E-state index contributed by atoms with van der Waals surface area (Å²) in [5, 5.41) is 3.69. The van der Waals surface area contributed by atoms with Gasteiger partial charge in [-0.3, -0.25) is 19.2 Å². The maximum Gasteiger partial charge on any atom is 0.287 e. The highest BCUT2D eigenvalue weighted by Gasteiger charge is 2.31. The SMILES string of the molecule is COc1cccc2c(=O)cc(C(=O)N[C@H](Cc3ccc(Cl)cc3)C(=O)N3CCN(c4ccccc4CN4CCCCC4=O)CC3)oc12. The maximum absolute atomic E-state index is 14.0. The van der Waals surface area contributed by atoms with Gasteiger partial charge in [0.15, 0.2) is 22.5 Å². The number of carbonyl (C=O) groups is 3. The number of hydrogen-bond acceptors (Lipinski definition) is 7. The zero-order chi connectivity index (χ0) is 32.9. The van der Waals surface area contributed by atoms with Crippen molar-refractivity contribution in [1.82, 2.24) is 15.1 Å². The van der Waals surface area contributed by atoms with Crippen LogP contribution < -0.4 is 20.4 Å². The molecule has 2 fully saturated rings. The van der Waals surface area contributed by atoms with E-state index in [4.69, 9.17) is 20.8 Å². The van der Waals surface area contributed by atoms with Crippen LogP contribution >= 0.6 is 11.6 Å². The molecule has 0 aliphatic carbocycles. The minimum Gasteiger partial charge on any atom is -0.493 e. The van der Waals surface area contributed by atoms with E-state index in [0.29, 0.717) is 49.9 Å². The predicted molar refractivity (Wildman–Crippen MR) is 180 cm³/mol. The summed E-state index contributed by atoms with van der Waals surface area (Å²) in [6.45, 7) is 3.43. The number of benzene rings is 3. The molecule has 0 saturated carbocycles. The molecule has 0 unspecified atom stereocenters. The van der Waals surface area contributed by atoms with Crippen molar-refractivity contribution >= 4 is 46.0 Å². The highest BCUT2D eigenvalue weighted by molar-refractivity contribution is 6.30. The van der Waals surface area contributed by atoms with Crippen molar-refractivity contribution in [3.63, 3.8) is 0 Å². The molecular weight excluding hydrogens is 620 g/mol. The number of amides is 3. The van der Waals surface area contributed by atoms with E-state index in [9.17, 15) is 19.2 Å². The summed E-state index contributed by atoms with van der Waals surface area (Å²) >= 11 is 6.10. The minimum absolute atomic E-state index is 0.161. The summed E-state index contributed by atoms with van der Waals surface area (Å²) in [4.78, 5) is 58.8. The number of piperazine rings is 1. The van der Waals surface area contributed by atoms with Crippen molar-refractivity contribution in [1.29, 1.82) is 0 Å². The van der Waals surface area contributed by atoms with Gasteiger partial charge in [-0.05, 0) is 54.3 Å². The summed E-state index contributed by atoms with van der Waals surface area (Å²) in [6.07, 6.45) is 2.77. The van der Waals surface area contributed by atoms with Crippen LogP contribution in [-0.2, 0) is 22.6 Å². The van der Waals surface area contributed by atoms with Gasteiger partial charge in [0.1, 0.15) is 6.04 Å². The normalized spacial score (nSPS) is 15.9. The minimum atomic E-state index is -0.925. The number of ether oxygens (including phenoxy) is 1. The largest absolute Gasteiger partial charge is 0.493 e. The Morgan fingerprint density at radius 2 is 1.70 bits per heavy atom. The first-order chi connectivity index (χ1) is 22.8. The Balaban J connectivity index is 1.19. The number of methoxy groups -OCH3 is 1. The van der Waals surface area contributed by atoms with Crippen LogP contribution in [0.25, 0.3) is 11.0 Å². The summed E-state index contributed by atoms with van der Waals surface area (Å²) in [7, 11) is 1.45. The van der Waals surface area contributed by atoms with Crippen molar-refractivity contribution < 1.29 is 23.5 Å². The number of halogens is 1. The van der Waals surface area contributed by atoms with E-state index in [1.54, 1.807) is 35.2 Å². The molecule has 1 N–H and O–H groups in total. The average molecular weight is 657 g/mol. The third-order valence-electron chi connectivity index (χ3n) is 8.83. The van der Waals surface area contributed by atoms with E-state index in [1.807, 2.05) is 29.2 Å². The van der Waals surface area contributed by atoms with E-state index in [0.717, 1.165) is 42.3 Å². The first kappa shape index (κ1) is 32.1. The molecule has 1 aromatic heterocycles. The highest BCUT2D eigenvalue weighted by atomic mass is 35.5. The molecule has 244 valence electrons. The molecule has 3 amide bonds. The van der Waals surface area contributed by atoms with Gasteiger partial charge < -0.3 is 29.2 Å². The van der Waals surface area contributed by atoms with E-state index in [-0.39, 0.29) is 35.0 Å². The van der Waals surface area contributed by atoms with Crippen molar-refractivity contribution in [2.75, 3.05) is 44.7 Å². The van der Waals surface area contributed by atoms with E-state index < -0.39 is 17.4 Å². The van der Waals surface area contributed by atoms with Crippen molar-refractivity contribution in [3.8, 4) is 5.75 Å². The number of piperidine rings is 1. The zero-order valence-electron chi connectivity index (χ0n) is 26.2. The van der Waals surface area contributed by atoms with Gasteiger partial charge >= 0.3 is 0 Å². The van der Waals surface area contributed by atoms with Gasteiger partial charge in [0.25, 0.3) is 5.91 Å². The van der Waals surface area contributed by atoms with Crippen molar-refractivity contribution in [3.05, 3.63) is 105 Å². The maximum atomic E-state index is 14.0. The number of fused-ring (bicyclic) bond motifs is 1. The van der Waals surface area contributed by atoms with Crippen LogP contribution in [0.15, 0.2) is 82.0 Å². The number of nitrogens with zero attached hydrogens (tertiary/aromatic N) is 3. The Morgan fingerprint density at radius 3 is 2.45 bits per heavy atom. The van der Waals surface area contributed by atoms with Gasteiger partial charge in [0, 0.05) is 68.9 Å². The van der Waals surface area contributed by atoms with Crippen molar-refractivity contribution in [2.45, 2.75) is 38.3 Å². The third-order valence-corrected chi connectivity index (χ3v) is 9.08. The highest BCUT2D eigenvalue weighted by Crippen LogP contribution is 2.26. The van der Waals surface area contributed by atoms with Gasteiger partial charge in [-0.2, -0.15) is 0 Å². The molecule has 0 bridgehead atoms. The van der Waals surface area contributed by atoms with Gasteiger partial charge in [0.05, 0.1) is 12.5 Å². The molecule has 2 aliphatic rings. The van der Waals surface area contributed by atoms with Gasteiger partial charge in [-0.25, -0.2) is 0 Å². The topological polar surface area (TPSA) is 112 Å². The van der Waals surface area contributed by atoms with E-state index in [2.05, 4.69) is 22.3 Å². The van der Waals surface area contributed by atoms with E-state index >= 15 is 0 Å². The molecule has 6 rings (SSSR count). The number of hydrogen-bond donors (Lipinski definition) is 1. The second kappa shape index (κ2) is 14.3. The zero-order valence-corrected chi connectivity index (χ0v) is 27.0. The fraction of sp³-hybridized carbons (Fsp3) is 0.333. The fourth-order valence-electron chi connectivity index (χ4n) is 6.29. The summed E-state index contributed by atoms with van der Waals surface area (Å²) < 4.78 is 11.2. The molecular formula is C36H37ClN4O6. The summed E-state index contributed by atoms with van der Waals surface area (Å²) in [6, 6.07) is 20.4. The number of likely N-dealkylation sites (tertiary alicyclic amines) is 1. The Labute approximate surface area is 277 Å². The molecule has 10 nitrogen and oxygen atoms in total. The Bertz CT molecular complexity index is 1830. The monoisotopic (exact) mass is 656 g/mol. The molecule has 4 aromatic rings. The Hall–Kier alpha value is -4.83. The van der Waals surface area contributed by atoms with Crippen LogP contribution in [0, 0.1) is 0 Å². The fourth-order valence-corrected chi connectivity index (χ4v) is 6.41. The van der Waals surface area contributed by atoms with Crippen LogP contribution in [0.2, 0.25) is 5.02 Å². The molecule has 3 aromatic carbocycles. The lowest BCUT2D eigenvalue weighted by atomic mass is 10.0. The van der Waals surface area contributed by atoms with Gasteiger partial charge in [-0.15, -0.1) is 0 Å². The average Bonchev–Trinajstić information content (AvgIpc) is 3.09. The van der Waals surface area contributed by atoms with Crippen LogP contribution in [0.5, 0.6) is 5.75 Å².